The minimum atomic E-state index is 0.197. The maximum absolute atomic E-state index is 10.2. The van der Waals surface area contributed by atoms with Gasteiger partial charge in [0, 0.05) is 11.3 Å². The average Bonchev–Trinajstić information content (AvgIpc) is 2.75. The Morgan fingerprint density at radius 2 is 1.70 bits per heavy atom. The van der Waals surface area contributed by atoms with Crippen molar-refractivity contribution in [1.29, 1.82) is 0 Å². The average molecular weight is 267 g/mol. The molecule has 0 aliphatic heterocycles. The van der Waals surface area contributed by atoms with Crippen molar-refractivity contribution in [3.05, 3.63) is 58.7 Å². The lowest BCUT2D eigenvalue weighted by molar-refractivity contribution is 0.465. The molecule has 0 radical (unpaired) electrons. The van der Waals surface area contributed by atoms with E-state index < -0.39 is 0 Å². The number of hydrogen-bond acceptors (Lipinski definition) is 2. The van der Waals surface area contributed by atoms with Crippen molar-refractivity contribution >= 4 is 5.69 Å². The van der Waals surface area contributed by atoms with Gasteiger partial charge in [0.05, 0.1) is 6.04 Å². The van der Waals surface area contributed by atoms with Crippen molar-refractivity contribution < 1.29 is 5.11 Å². The highest BCUT2D eigenvalue weighted by molar-refractivity contribution is 5.55. The molecule has 0 aromatic heterocycles. The summed E-state index contributed by atoms with van der Waals surface area (Å²) in [6.07, 6.45) is 1.03. The van der Waals surface area contributed by atoms with Crippen LogP contribution < -0.4 is 5.32 Å². The molecular weight excluding hydrogens is 246 g/mol. The summed E-state index contributed by atoms with van der Waals surface area (Å²) in [4.78, 5) is 0. The Balaban J connectivity index is 1.95. The highest BCUT2D eigenvalue weighted by Gasteiger charge is 2.32. The Morgan fingerprint density at radius 3 is 2.40 bits per heavy atom. The van der Waals surface area contributed by atoms with Crippen molar-refractivity contribution in [3.8, 4) is 5.75 Å². The Bertz CT molecular complexity index is 631. The molecule has 1 aliphatic carbocycles. The standard InChI is InChI=1S/C18H21NO/c1-11-4-7-14(8-5-11)19-15-10-13(3)17-12(2)6-9-16(20)18(15)17/h4-9,13,15,19-20H,10H2,1-3H3. The summed E-state index contributed by atoms with van der Waals surface area (Å²) in [5.41, 5.74) is 6.04. The van der Waals surface area contributed by atoms with E-state index in [9.17, 15) is 5.11 Å². The van der Waals surface area contributed by atoms with Crippen LogP contribution in [0.3, 0.4) is 0 Å². The second-order valence-corrected chi connectivity index (χ2v) is 5.93. The smallest absolute Gasteiger partial charge is 0.121 e. The number of benzene rings is 2. The lowest BCUT2D eigenvalue weighted by atomic mass is 9.97. The van der Waals surface area contributed by atoms with Crippen LogP contribution in [0.4, 0.5) is 5.69 Å². The van der Waals surface area contributed by atoms with Crippen molar-refractivity contribution in [2.24, 2.45) is 0 Å². The first-order chi connectivity index (χ1) is 9.56. The van der Waals surface area contributed by atoms with E-state index in [4.69, 9.17) is 0 Å². The topological polar surface area (TPSA) is 32.3 Å². The summed E-state index contributed by atoms with van der Waals surface area (Å²) >= 11 is 0. The normalized spacial score (nSPS) is 20.8. The van der Waals surface area contributed by atoms with Crippen LogP contribution in [-0.4, -0.2) is 5.11 Å². The minimum absolute atomic E-state index is 0.197. The van der Waals surface area contributed by atoms with E-state index in [0.29, 0.717) is 11.7 Å². The first kappa shape index (κ1) is 13.0. The Hall–Kier alpha value is -1.96. The minimum Gasteiger partial charge on any atom is -0.508 e. The lowest BCUT2D eigenvalue weighted by Crippen LogP contribution is -2.07. The third kappa shape index (κ3) is 2.15. The van der Waals surface area contributed by atoms with Gasteiger partial charge >= 0.3 is 0 Å². The molecule has 3 rings (SSSR count). The third-order valence-electron chi connectivity index (χ3n) is 4.31. The predicted octanol–water partition coefficient (Wildman–Crippen LogP) is 4.67. The molecule has 0 saturated carbocycles. The fraction of sp³-hybridized carbons (Fsp3) is 0.333. The SMILES string of the molecule is Cc1ccc(NC2CC(C)c3c(C)ccc(O)c32)cc1. The molecule has 0 fully saturated rings. The molecular formula is C18H21NO. The van der Waals surface area contributed by atoms with Crippen LogP contribution in [0, 0.1) is 13.8 Å². The zero-order chi connectivity index (χ0) is 14.3. The Kier molecular flexibility index (Phi) is 3.17. The first-order valence-electron chi connectivity index (χ1n) is 7.22. The number of anilines is 1. The Morgan fingerprint density at radius 1 is 1.00 bits per heavy atom. The van der Waals surface area contributed by atoms with E-state index >= 15 is 0 Å². The highest BCUT2D eigenvalue weighted by atomic mass is 16.3. The van der Waals surface area contributed by atoms with E-state index in [1.165, 1.54) is 16.7 Å². The summed E-state index contributed by atoms with van der Waals surface area (Å²) in [6.45, 7) is 6.46. The summed E-state index contributed by atoms with van der Waals surface area (Å²) in [6, 6.07) is 12.4. The van der Waals surface area contributed by atoms with E-state index in [1.54, 1.807) is 0 Å². The van der Waals surface area contributed by atoms with Gasteiger partial charge in [0.2, 0.25) is 0 Å². The fourth-order valence-electron chi connectivity index (χ4n) is 3.33. The number of rotatable bonds is 2. The monoisotopic (exact) mass is 267 g/mol. The predicted molar refractivity (Wildman–Crippen MR) is 83.4 cm³/mol. The highest BCUT2D eigenvalue weighted by Crippen LogP contribution is 2.47. The number of phenolic OH excluding ortho intramolecular Hbond substituents is 1. The van der Waals surface area contributed by atoms with Gasteiger partial charge in [-0.15, -0.1) is 0 Å². The van der Waals surface area contributed by atoms with E-state index in [2.05, 4.69) is 50.4 Å². The summed E-state index contributed by atoms with van der Waals surface area (Å²) in [7, 11) is 0. The third-order valence-corrected chi connectivity index (χ3v) is 4.31. The van der Waals surface area contributed by atoms with E-state index in [0.717, 1.165) is 17.7 Å². The molecule has 0 saturated heterocycles. The number of fused-ring (bicyclic) bond motifs is 1. The molecule has 2 atom stereocenters. The van der Waals surface area contributed by atoms with Crippen molar-refractivity contribution in [1.82, 2.24) is 0 Å². The number of aromatic hydroxyl groups is 1. The maximum atomic E-state index is 10.2. The molecule has 2 aromatic carbocycles. The molecule has 20 heavy (non-hydrogen) atoms. The van der Waals surface area contributed by atoms with Crippen LogP contribution in [0.5, 0.6) is 5.75 Å². The van der Waals surface area contributed by atoms with Crippen LogP contribution >= 0.6 is 0 Å². The molecule has 0 amide bonds. The fourth-order valence-corrected chi connectivity index (χ4v) is 3.33. The van der Waals surface area contributed by atoms with Crippen LogP contribution in [0.15, 0.2) is 36.4 Å². The van der Waals surface area contributed by atoms with Gasteiger partial charge in [-0.2, -0.15) is 0 Å². The second kappa shape index (κ2) is 4.86. The summed E-state index contributed by atoms with van der Waals surface area (Å²) in [5.74, 6) is 0.902. The first-order valence-corrected chi connectivity index (χ1v) is 7.22. The van der Waals surface area contributed by atoms with Gasteiger partial charge in [0.1, 0.15) is 5.75 Å². The van der Waals surface area contributed by atoms with Crippen LogP contribution in [0.25, 0.3) is 0 Å². The molecule has 0 spiro atoms. The number of hydrogen-bond donors (Lipinski definition) is 2. The van der Waals surface area contributed by atoms with E-state index in [-0.39, 0.29) is 6.04 Å². The van der Waals surface area contributed by atoms with E-state index in [1.807, 2.05) is 12.1 Å². The van der Waals surface area contributed by atoms with Crippen LogP contribution in [0.1, 0.15) is 47.6 Å². The van der Waals surface area contributed by atoms with Gasteiger partial charge in [-0.1, -0.05) is 30.7 Å². The van der Waals surface area contributed by atoms with Gasteiger partial charge in [0.15, 0.2) is 0 Å². The zero-order valence-corrected chi connectivity index (χ0v) is 12.3. The van der Waals surface area contributed by atoms with Gasteiger partial charge in [0.25, 0.3) is 0 Å². The molecule has 2 unspecified atom stereocenters. The molecule has 2 aromatic rings. The number of phenols is 1. The number of aryl methyl sites for hydroxylation is 2. The molecule has 2 nitrogen and oxygen atoms in total. The van der Waals surface area contributed by atoms with Crippen LogP contribution in [-0.2, 0) is 0 Å². The molecule has 104 valence electrons. The molecule has 0 heterocycles. The summed E-state index contributed by atoms with van der Waals surface area (Å²) < 4.78 is 0. The van der Waals surface area contributed by atoms with Crippen molar-refractivity contribution in [3.63, 3.8) is 0 Å². The second-order valence-electron chi connectivity index (χ2n) is 5.93. The quantitative estimate of drug-likeness (QED) is 0.828. The van der Waals surface area contributed by atoms with Crippen LogP contribution in [0.2, 0.25) is 0 Å². The molecule has 2 heteroatoms. The molecule has 0 bridgehead atoms. The summed E-state index contributed by atoms with van der Waals surface area (Å²) in [5, 5.41) is 13.8. The van der Waals surface area contributed by atoms with Crippen molar-refractivity contribution in [2.45, 2.75) is 39.2 Å². The van der Waals surface area contributed by atoms with Gasteiger partial charge in [-0.25, -0.2) is 0 Å². The van der Waals surface area contributed by atoms with Gasteiger partial charge in [-0.3, -0.25) is 0 Å². The van der Waals surface area contributed by atoms with Gasteiger partial charge in [-0.05, 0) is 55.5 Å². The maximum Gasteiger partial charge on any atom is 0.121 e. The van der Waals surface area contributed by atoms with Gasteiger partial charge < -0.3 is 10.4 Å². The zero-order valence-electron chi connectivity index (χ0n) is 12.3. The molecule has 1 aliphatic rings. The molecule has 2 N–H and O–H groups in total. The van der Waals surface area contributed by atoms with Crippen molar-refractivity contribution in [2.75, 3.05) is 5.32 Å². The number of nitrogens with one attached hydrogen (secondary N) is 1. The Labute approximate surface area is 120 Å². The largest absolute Gasteiger partial charge is 0.508 e. The lowest BCUT2D eigenvalue weighted by Gasteiger charge is -2.17.